The molecular weight excluding hydrogens is 312 g/mol. The molecule has 5 nitrogen and oxygen atoms in total. The Hall–Kier alpha value is -1.30. The van der Waals surface area contributed by atoms with Crippen molar-refractivity contribution in [3.05, 3.63) is 34.9 Å². The molecule has 0 saturated carbocycles. The molecule has 1 aliphatic heterocycles. The van der Waals surface area contributed by atoms with Crippen molar-refractivity contribution in [1.82, 2.24) is 15.1 Å². The van der Waals surface area contributed by atoms with Crippen LogP contribution in [-0.4, -0.2) is 68.7 Å². The van der Waals surface area contributed by atoms with E-state index in [9.17, 15) is 0 Å². The molecule has 0 bridgehead atoms. The van der Waals surface area contributed by atoms with Crippen molar-refractivity contribution in [3.63, 3.8) is 0 Å². The van der Waals surface area contributed by atoms with E-state index in [0.29, 0.717) is 0 Å². The van der Waals surface area contributed by atoms with Crippen LogP contribution in [0.2, 0.25) is 5.02 Å². The fraction of sp³-hybridized carbons (Fsp3) is 0.588. The van der Waals surface area contributed by atoms with Crippen LogP contribution in [0.5, 0.6) is 0 Å². The number of rotatable bonds is 6. The maximum Gasteiger partial charge on any atom is 0.194 e. The Morgan fingerprint density at radius 2 is 2.00 bits per heavy atom. The zero-order chi connectivity index (χ0) is 16.5. The molecule has 0 amide bonds. The van der Waals surface area contributed by atoms with Gasteiger partial charge in [-0.15, -0.1) is 0 Å². The van der Waals surface area contributed by atoms with Gasteiger partial charge >= 0.3 is 0 Å². The number of morpholine rings is 1. The lowest BCUT2D eigenvalue weighted by molar-refractivity contribution is 0.0394. The third kappa shape index (κ3) is 6.37. The van der Waals surface area contributed by atoms with E-state index in [4.69, 9.17) is 21.3 Å². The number of nitrogens with one attached hydrogen (secondary N) is 1. The predicted octanol–water partition coefficient (Wildman–Crippen LogP) is 2.07. The van der Waals surface area contributed by atoms with E-state index in [0.717, 1.165) is 63.5 Å². The highest BCUT2D eigenvalue weighted by atomic mass is 35.5. The molecule has 0 aromatic heterocycles. The monoisotopic (exact) mass is 338 g/mol. The zero-order valence-corrected chi connectivity index (χ0v) is 14.9. The van der Waals surface area contributed by atoms with Crippen molar-refractivity contribution >= 4 is 17.6 Å². The number of benzene rings is 1. The molecule has 1 N–H and O–H groups in total. The Labute approximate surface area is 144 Å². The minimum atomic E-state index is 0.766. The summed E-state index contributed by atoms with van der Waals surface area (Å²) >= 11 is 5.94. The predicted molar refractivity (Wildman–Crippen MR) is 96.2 cm³/mol. The Kier molecular flexibility index (Phi) is 7.65. The molecule has 0 unspecified atom stereocenters. The second-order valence-electron chi connectivity index (χ2n) is 5.67. The first-order chi connectivity index (χ1) is 11.2. The van der Waals surface area contributed by atoms with E-state index in [1.807, 2.05) is 12.1 Å². The molecule has 0 atom stereocenters. The van der Waals surface area contributed by atoms with Gasteiger partial charge in [0.1, 0.15) is 0 Å². The molecule has 0 radical (unpaired) electrons. The van der Waals surface area contributed by atoms with Crippen molar-refractivity contribution in [2.24, 2.45) is 4.99 Å². The molecule has 23 heavy (non-hydrogen) atoms. The van der Waals surface area contributed by atoms with Crippen molar-refractivity contribution in [2.45, 2.75) is 13.5 Å². The third-order valence-corrected chi connectivity index (χ3v) is 4.06. The Morgan fingerprint density at radius 1 is 1.30 bits per heavy atom. The van der Waals surface area contributed by atoms with Gasteiger partial charge in [-0.25, -0.2) is 0 Å². The smallest absolute Gasteiger partial charge is 0.194 e. The Bertz CT molecular complexity index is 486. The summed E-state index contributed by atoms with van der Waals surface area (Å²) in [5.41, 5.74) is 1.22. The van der Waals surface area contributed by atoms with Crippen molar-refractivity contribution < 1.29 is 4.74 Å². The molecule has 0 spiro atoms. The van der Waals surface area contributed by atoms with E-state index < -0.39 is 0 Å². The van der Waals surface area contributed by atoms with Gasteiger partial charge in [0.05, 0.1) is 19.8 Å². The molecule has 0 aliphatic carbocycles. The fourth-order valence-corrected chi connectivity index (χ4v) is 2.66. The van der Waals surface area contributed by atoms with Gasteiger partial charge in [0.25, 0.3) is 0 Å². The molecule has 1 aromatic rings. The first kappa shape index (κ1) is 18.0. The summed E-state index contributed by atoms with van der Waals surface area (Å²) < 4.78 is 5.37. The molecule has 6 heteroatoms. The summed E-state index contributed by atoms with van der Waals surface area (Å²) in [6.07, 6.45) is 0. The highest BCUT2D eigenvalue weighted by Gasteiger charge is 2.10. The molecule has 1 fully saturated rings. The standard InChI is InChI=1S/C17H27ClN4O/c1-3-19-17(20-8-9-22-10-12-23-13-11-22)21(2)14-15-4-6-16(18)7-5-15/h4-7H,3,8-14H2,1-2H3,(H,19,20). The SMILES string of the molecule is CCNC(=NCCN1CCOCC1)N(C)Cc1ccc(Cl)cc1. The minimum Gasteiger partial charge on any atom is -0.379 e. The zero-order valence-electron chi connectivity index (χ0n) is 14.1. The molecule has 1 aliphatic rings. The first-order valence-electron chi connectivity index (χ1n) is 8.23. The quantitative estimate of drug-likeness (QED) is 0.637. The summed E-state index contributed by atoms with van der Waals surface area (Å²) in [6.45, 7) is 9.22. The Balaban J connectivity index is 1.87. The Morgan fingerprint density at radius 3 is 2.65 bits per heavy atom. The lowest BCUT2D eigenvalue weighted by Gasteiger charge is -2.26. The van der Waals surface area contributed by atoms with Crippen LogP contribution in [0.4, 0.5) is 0 Å². The van der Waals surface area contributed by atoms with E-state index in [2.05, 4.69) is 41.2 Å². The van der Waals surface area contributed by atoms with E-state index in [1.165, 1.54) is 5.56 Å². The number of nitrogens with zero attached hydrogens (tertiary/aromatic N) is 3. The maximum atomic E-state index is 5.94. The first-order valence-corrected chi connectivity index (χ1v) is 8.61. The van der Waals surface area contributed by atoms with Gasteiger partial charge < -0.3 is 15.0 Å². The average molecular weight is 339 g/mol. The number of aliphatic imine (C=N–C) groups is 1. The second kappa shape index (κ2) is 9.75. The average Bonchev–Trinajstić information content (AvgIpc) is 2.57. The van der Waals surface area contributed by atoms with Crippen LogP contribution in [0.1, 0.15) is 12.5 Å². The summed E-state index contributed by atoms with van der Waals surface area (Å²) in [7, 11) is 2.06. The highest BCUT2D eigenvalue weighted by Crippen LogP contribution is 2.11. The molecule has 1 aromatic carbocycles. The highest BCUT2D eigenvalue weighted by molar-refractivity contribution is 6.30. The van der Waals surface area contributed by atoms with E-state index in [-0.39, 0.29) is 0 Å². The van der Waals surface area contributed by atoms with E-state index in [1.54, 1.807) is 0 Å². The van der Waals surface area contributed by atoms with Crippen LogP contribution < -0.4 is 5.32 Å². The minimum absolute atomic E-state index is 0.766. The van der Waals surface area contributed by atoms with Crippen LogP contribution >= 0.6 is 11.6 Å². The lowest BCUT2D eigenvalue weighted by atomic mass is 10.2. The topological polar surface area (TPSA) is 40.1 Å². The lowest BCUT2D eigenvalue weighted by Crippen LogP contribution is -2.40. The van der Waals surface area contributed by atoms with Crippen LogP contribution in [0.3, 0.4) is 0 Å². The second-order valence-corrected chi connectivity index (χ2v) is 6.11. The van der Waals surface area contributed by atoms with Gasteiger partial charge in [-0.2, -0.15) is 0 Å². The molecular formula is C17H27ClN4O. The van der Waals surface area contributed by atoms with Crippen LogP contribution in [0, 0.1) is 0 Å². The molecule has 2 rings (SSSR count). The van der Waals surface area contributed by atoms with Gasteiger partial charge in [0, 0.05) is 44.8 Å². The summed E-state index contributed by atoms with van der Waals surface area (Å²) in [5.74, 6) is 0.940. The summed E-state index contributed by atoms with van der Waals surface area (Å²) in [6, 6.07) is 7.95. The van der Waals surface area contributed by atoms with Gasteiger partial charge in [0.15, 0.2) is 5.96 Å². The fourth-order valence-electron chi connectivity index (χ4n) is 2.53. The van der Waals surface area contributed by atoms with Crippen molar-refractivity contribution in [1.29, 1.82) is 0 Å². The van der Waals surface area contributed by atoms with Gasteiger partial charge in [-0.1, -0.05) is 23.7 Å². The number of hydrogen-bond acceptors (Lipinski definition) is 3. The molecule has 1 heterocycles. The van der Waals surface area contributed by atoms with Gasteiger partial charge in [-0.05, 0) is 24.6 Å². The van der Waals surface area contributed by atoms with Crippen LogP contribution in [0.15, 0.2) is 29.3 Å². The van der Waals surface area contributed by atoms with E-state index >= 15 is 0 Å². The largest absolute Gasteiger partial charge is 0.379 e. The number of ether oxygens (including phenoxy) is 1. The third-order valence-electron chi connectivity index (χ3n) is 3.81. The summed E-state index contributed by atoms with van der Waals surface area (Å²) in [5, 5.41) is 4.12. The molecule has 1 saturated heterocycles. The number of guanidine groups is 1. The molecule has 128 valence electrons. The van der Waals surface area contributed by atoms with Crippen LogP contribution in [-0.2, 0) is 11.3 Å². The van der Waals surface area contributed by atoms with Crippen molar-refractivity contribution in [2.75, 3.05) is 53.0 Å². The number of hydrogen-bond donors (Lipinski definition) is 1. The number of halogens is 1. The maximum absolute atomic E-state index is 5.94. The van der Waals surface area contributed by atoms with Crippen molar-refractivity contribution in [3.8, 4) is 0 Å². The van der Waals surface area contributed by atoms with Gasteiger partial charge in [0.2, 0.25) is 0 Å². The van der Waals surface area contributed by atoms with Gasteiger partial charge in [-0.3, -0.25) is 9.89 Å². The normalized spacial score (nSPS) is 16.4. The van der Waals surface area contributed by atoms with Crippen LogP contribution in [0.25, 0.3) is 0 Å². The summed E-state index contributed by atoms with van der Waals surface area (Å²) in [4.78, 5) is 9.29.